The number of imidazole rings is 2. The Morgan fingerprint density at radius 1 is 0.604 bits per heavy atom. The molecule has 2 aliphatic rings. The third-order valence-electron chi connectivity index (χ3n) is 9.50. The summed E-state index contributed by atoms with van der Waals surface area (Å²) in [6, 6.07) is 8.19. The van der Waals surface area contributed by atoms with Crippen LogP contribution in [0.1, 0.15) is 98.4 Å². The first kappa shape index (κ1) is 40.2. The predicted octanol–water partition coefficient (Wildman–Crippen LogP) is 8.46. The van der Waals surface area contributed by atoms with E-state index in [1.54, 1.807) is 37.4 Å². The van der Waals surface area contributed by atoms with Crippen LogP contribution in [0.2, 0.25) is 0 Å². The molecule has 7 rings (SSSR count). The number of aromatic nitrogens is 8. The molecule has 0 atom stereocenters. The topological polar surface area (TPSA) is 189 Å². The normalized spacial score (nSPS) is 12.0. The Bertz CT molecular complexity index is 2220. The van der Waals surface area contributed by atoms with Crippen molar-refractivity contribution in [3.8, 4) is 0 Å². The summed E-state index contributed by atoms with van der Waals surface area (Å²) in [5.74, 6) is -1.72. The average molecular weight is 762 g/mol. The standard InChI is InChI=1S/C34H38N4O4.2C3H4N2.Co/c1-7-21-17(3)25-13-26-19(5)23(9-11-33(39)40)31(37-26)16-32-24(10-12-34(41)42)20(6)28(38-32)15-30-22(8-2)18(4)27(36-30)14-29(21)35-25;2*1-2-5-3-4-1;/h13-16,35,38H,7-12H2,1-6H3,(H,39,40)(H,41,42);2*1-3H,(H,4,5);. The van der Waals surface area contributed by atoms with Crippen LogP contribution in [0.15, 0.2) is 61.7 Å². The van der Waals surface area contributed by atoms with Gasteiger partial charge in [-0.1, -0.05) is 13.8 Å². The van der Waals surface area contributed by atoms with Crippen LogP contribution in [0.4, 0.5) is 0 Å². The van der Waals surface area contributed by atoms with Crippen LogP contribution in [-0.4, -0.2) is 62.0 Å². The van der Waals surface area contributed by atoms with Gasteiger partial charge in [0.1, 0.15) is 0 Å². The number of nitrogens with zero attached hydrogens (tertiary/aromatic N) is 4. The van der Waals surface area contributed by atoms with Gasteiger partial charge in [0.25, 0.3) is 0 Å². The number of aryl methyl sites for hydroxylation is 4. The van der Waals surface area contributed by atoms with Gasteiger partial charge >= 0.3 is 11.9 Å². The SMILES string of the molecule is CCC1=C(C)c2cc3[nH]c(cc4nc(cc5[nH]c(cc1n2)c(C)c5CCC(=O)O)C(CCC(=O)O)=C4C)c(C)c3CC.[Co].c1c[nH]cn1.c1c[nH]cn1. The van der Waals surface area contributed by atoms with E-state index < -0.39 is 11.9 Å². The van der Waals surface area contributed by atoms with Crippen molar-refractivity contribution in [2.24, 2.45) is 0 Å². The molecule has 53 heavy (non-hydrogen) atoms. The summed E-state index contributed by atoms with van der Waals surface area (Å²) >= 11 is 0. The van der Waals surface area contributed by atoms with Crippen molar-refractivity contribution < 1.29 is 36.6 Å². The summed E-state index contributed by atoms with van der Waals surface area (Å²) in [5, 5.41) is 18.9. The first-order valence-electron chi connectivity index (χ1n) is 17.4. The Hall–Kier alpha value is -5.53. The van der Waals surface area contributed by atoms with E-state index in [0.717, 1.165) is 85.4 Å². The number of H-pyrrole nitrogens is 4. The van der Waals surface area contributed by atoms with Crippen molar-refractivity contribution in [3.05, 3.63) is 107 Å². The van der Waals surface area contributed by atoms with Crippen LogP contribution in [0.3, 0.4) is 0 Å². The molecule has 5 aromatic heterocycles. The van der Waals surface area contributed by atoms with E-state index in [1.807, 2.05) is 26.0 Å². The molecule has 6 N–H and O–H groups in total. The molecule has 0 amide bonds. The second-order valence-electron chi connectivity index (χ2n) is 12.7. The Morgan fingerprint density at radius 2 is 1.06 bits per heavy atom. The summed E-state index contributed by atoms with van der Waals surface area (Å²) in [6.07, 6.45) is 12.6. The van der Waals surface area contributed by atoms with E-state index in [9.17, 15) is 19.8 Å². The zero-order chi connectivity index (χ0) is 37.4. The summed E-state index contributed by atoms with van der Waals surface area (Å²) in [5.41, 5.74) is 15.4. The first-order chi connectivity index (χ1) is 25.0. The van der Waals surface area contributed by atoms with E-state index in [-0.39, 0.29) is 29.6 Å². The maximum absolute atomic E-state index is 11.5. The monoisotopic (exact) mass is 761 g/mol. The average Bonchev–Trinajstić information content (AvgIpc) is 3.97. The van der Waals surface area contributed by atoms with Crippen LogP contribution >= 0.6 is 0 Å². The van der Waals surface area contributed by atoms with Crippen molar-refractivity contribution in [1.29, 1.82) is 0 Å². The van der Waals surface area contributed by atoms with Crippen LogP contribution in [0.25, 0.3) is 44.4 Å². The van der Waals surface area contributed by atoms with Crippen molar-refractivity contribution in [2.45, 2.75) is 80.1 Å². The van der Waals surface area contributed by atoms with Gasteiger partial charge in [-0.15, -0.1) is 0 Å². The molecule has 279 valence electrons. The second kappa shape index (κ2) is 18.3. The fourth-order valence-electron chi connectivity index (χ4n) is 6.65. The molecule has 0 saturated heterocycles. The molecule has 13 heteroatoms. The predicted molar refractivity (Wildman–Crippen MR) is 205 cm³/mol. The van der Waals surface area contributed by atoms with Crippen LogP contribution in [0, 0.1) is 13.8 Å². The van der Waals surface area contributed by atoms with Crippen LogP contribution in [0.5, 0.6) is 0 Å². The third-order valence-corrected chi connectivity index (χ3v) is 9.50. The van der Waals surface area contributed by atoms with Crippen molar-refractivity contribution in [2.75, 3.05) is 0 Å². The van der Waals surface area contributed by atoms with Crippen molar-refractivity contribution in [3.63, 3.8) is 0 Å². The molecule has 1 radical (unpaired) electrons. The molecule has 0 fully saturated rings. The Labute approximate surface area is 318 Å². The Balaban J connectivity index is 0.000000492. The van der Waals surface area contributed by atoms with E-state index >= 15 is 0 Å². The molecule has 12 nitrogen and oxygen atoms in total. The summed E-state index contributed by atoms with van der Waals surface area (Å²) in [4.78, 5) is 53.2. The number of fused-ring (bicyclic) bond motifs is 8. The van der Waals surface area contributed by atoms with Gasteiger partial charge in [0.15, 0.2) is 0 Å². The van der Waals surface area contributed by atoms with Crippen LogP contribution in [-0.2, 0) is 39.2 Å². The van der Waals surface area contributed by atoms with Gasteiger partial charge in [-0.05, 0) is 122 Å². The fourth-order valence-corrected chi connectivity index (χ4v) is 6.65. The molecular weight excluding hydrogens is 715 g/mol. The maximum Gasteiger partial charge on any atom is 0.303 e. The smallest absolute Gasteiger partial charge is 0.303 e. The van der Waals surface area contributed by atoms with Gasteiger partial charge in [-0.2, -0.15) is 0 Å². The van der Waals surface area contributed by atoms with E-state index in [2.05, 4.69) is 69.7 Å². The summed E-state index contributed by atoms with van der Waals surface area (Å²) in [6.45, 7) is 12.5. The summed E-state index contributed by atoms with van der Waals surface area (Å²) in [7, 11) is 0. The quantitative estimate of drug-likeness (QED) is 0.0908. The summed E-state index contributed by atoms with van der Waals surface area (Å²) < 4.78 is 0. The molecule has 0 unspecified atom stereocenters. The molecule has 2 aliphatic heterocycles. The minimum absolute atomic E-state index is 0. The van der Waals surface area contributed by atoms with E-state index in [4.69, 9.17) is 9.97 Å². The molecule has 0 aromatic carbocycles. The van der Waals surface area contributed by atoms with Crippen LogP contribution < -0.4 is 0 Å². The number of carboxylic acid groups (broad SMARTS) is 2. The second-order valence-corrected chi connectivity index (χ2v) is 12.7. The van der Waals surface area contributed by atoms with E-state index in [1.165, 1.54) is 11.1 Å². The number of hydrogen-bond acceptors (Lipinski definition) is 6. The van der Waals surface area contributed by atoms with Gasteiger partial charge < -0.3 is 30.1 Å². The number of aromatic amines is 4. The number of aliphatic carboxylic acids is 2. The molecule has 0 saturated carbocycles. The van der Waals surface area contributed by atoms with Gasteiger partial charge in [-0.3, -0.25) is 9.59 Å². The molecule has 8 bridgehead atoms. The molecular formula is C40H46CoN8O4. The molecule has 0 aliphatic carbocycles. The molecule has 7 heterocycles. The number of carbonyl (C=O) groups is 2. The van der Waals surface area contributed by atoms with Gasteiger partial charge in [0, 0.05) is 76.5 Å². The Kier molecular flexibility index (Phi) is 13.9. The largest absolute Gasteiger partial charge is 0.481 e. The van der Waals surface area contributed by atoms with Crippen molar-refractivity contribution >= 4 is 56.3 Å². The third kappa shape index (κ3) is 9.48. The first-order valence-corrected chi connectivity index (χ1v) is 17.4. The zero-order valence-corrected chi connectivity index (χ0v) is 31.9. The Morgan fingerprint density at radius 3 is 1.53 bits per heavy atom. The zero-order valence-electron chi connectivity index (χ0n) is 30.8. The number of allylic oxidation sites excluding steroid dienone is 4. The maximum atomic E-state index is 11.5. The number of nitrogens with one attached hydrogen (secondary N) is 4. The molecule has 5 aromatic rings. The fraction of sp³-hybridized carbons (Fsp3) is 0.300. The number of hydrogen-bond donors (Lipinski definition) is 6. The van der Waals surface area contributed by atoms with Crippen molar-refractivity contribution in [1.82, 2.24) is 39.9 Å². The number of rotatable bonds is 8. The minimum Gasteiger partial charge on any atom is -0.481 e. The molecule has 0 spiro atoms. The van der Waals surface area contributed by atoms with E-state index in [0.29, 0.717) is 18.5 Å². The number of carboxylic acids is 2. The van der Waals surface area contributed by atoms with Gasteiger partial charge in [0.05, 0.1) is 35.4 Å². The minimum atomic E-state index is -0.864. The van der Waals surface area contributed by atoms with Gasteiger partial charge in [0.2, 0.25) is 0 Å². The van der Waals surface area contributed by atoms with Gasteiger partial charge in [-0.25, -0.2) is 19.9 Å².